The van der Waals surface area contributed by atoms with Gasteiger partial charge in [-0.15, -0.1) is 0 Å². The van der Waals surface area contributed by atoms with Crippen molar-refractivity contribution in [2.75, 3.05) is 13.2 Å². The molecule has 1 aromatic heterocycles. The lowest BCUT2D eigenvalue weighted by Gasteiger charge is -2.22. The number of halogens is 5. The molecule has 6 nitrogen and oxygen atoms in total. The molecule has 11 heteroatoms. The highest BCUT2D eigenvalue weighted by atomic mass is 19.4. The number of ether oxygens (including phenoxy) is 3. The Morgan fingerprint density at radius 1 is 1.16 bits per heavy atom. The zero-order chi connectivity index (χ0) is 22.2. The molecule has 0 radical (unpaired) electrons. The number of hydrogen-bond donors (Lipinski definition) is 0. The molecule has 31 heavy (non-hydrogen) atoms. The van der Waals surface area contributed by atoms with Gasteiger partial charge in [0.25, 0.3) is 0 Å². The first-order chi connectivity index (χ1) is 14.7. The first kappa shape index (κ1) is 21.0. The third-order valence-electron chi connectivity index (χ3n) is 4.78. The number of nitrogens with zero attached hydrogens (tertiary/aromatic N) is 3. The Bertz CT molecular complexity index is 1060. The van der Waals surface area contributed by atoms with Gasteiger partial charge in [-0.2, -0.15) is 27.9 Å². The Morgan fingerprint density at radius 2 is 1.87 bits per heavy atom. The summed E-state index contributed by atoms with van der Waals surface area (Å²) in [6, 6.07) is 8.97. The van der Waals surface area contributed by atoms with Crippen LogP contribution in [0.1, 0.15) is 12.5 Å². The highest BCUT2D eigenvalue weighted by Gasteiger charge is 2.54. The van der Waals surface area contributed by atoms with Crippen molar-refractivity contribution < 1.29 is 36.2 Å². The molecule has 2 atom stereocenters. The molecular weight excluding hydrogens is 425 g/mol. The van der Waals surface area contributed by atoms with Gasteiger partial charge < -0.3 is 14.2 Å². The van der Waals surface area contributed by atoms with Crippen LogP contribution in [0.5, 0.6) is 11.8 Å². The lowest BCUT2D eigenvalue weighted by Crippen LogP contribution is -2.32. The van der Waals surface area contributed by atoms with Crippen molar-refractivity contribution in [3.8, 4) is 17.4 Å². The quantitative estimate of drug-likeness (QED) is 0.407. The fourth-order valence-corrected chi connectivity index (χ4v) is 3.11. The van der Waals surface area contributed by atoms with Crippen molar-refractivity contribution in [1.29, 1.82) is 0 Å². The highest BCUT2D eigenvalue weighted by molar-refractivity contribution is 5.38. The molecule has 1 fully saturated rings. The smallest absolute Gasteiger partial charge is 0.422 e. The number of hydrogen-bond acceptors (Lipinski definition) is 5. The molecule has 0 saturated carbocycles. The number of benzene rings is 2. The molecule has 1 aliphatic rings. The van der Waals surface area contributed by atoms with Gasteiger partial charge in [0.05, 0.1) is 12.3 Å². The number of epoxide rings is 1. The summed E-state index contributed by atoms with van der Waals surface area (Å²) < 4.78 is 81.6. The van der Waals surface area contributed by atoms with Gasteiger partial charge in [-0.25, -0.2) is 8.78 Å². The van der Waals surface area contributed by atoms with E-state index in [1.54, 1.807) is 6.92 Å². The molecule has 1 saturated heterocycles. The standard InChI is InChI=1S/C20H16F5N3O3/c1-12(19(9-30-19)16-7-2-13(21)8-17(16)22)31-18-26-11-27-28(18)14-3-5-15(6-4-14)29-10-20(23,24)25/h2-8,11-12H,9-10H2,1H3/t12-,19-/m1/s1. The molecule has 0 amide bonds. The zero-order valence-electron chi connectivity index (χ0n) is 16.1. The van der Waals surface area contributed by atoms with E-state index in [9.17, 15) is 22.0 Å². The van der Waals surface area contributed by atoms with Crippen LogP contribution in [0.4, 0.5) is 22.0 Å². The second-order valence-corrected chi connectivity index (χ2v) is 6.91. The van der Waals surface area contributed by atoms with Crippen LogP contribution in [0.2, 0.25) is 0 Å². The SMILES string of the molecule is C[C@@H](Oc1ncnn1-c1ccc(OCC(F)(F)F)cc1)[C@@]1(c2ccc(F)cc2F)CO1. The van der Waals surface area contributed by atoms with E-state index in [0.29, 0.717) is 5.69 Å². The average Bonchev–Trinajstić information content (AvgIpc) is 3.39. The maximum Gasteiger partial charge on any atom is 0.422 e. The monoisotopic (exact) mass is 441 g/mol. The lowest BCUT2D eigenvalue weighted by atomic mass is 9.94. The van der Waals surface area contributed by atoms with Crippen LogP contribution in [0.15, 0.2) is 48.8 Å². The third kappa shape index (κ3) is 4.46. The van der Waals surface area contributed by atoms with Crippen molar-refractivity contribution in [2.45, 2.75) is 24.8 Å². The van der Waals surface area contributed by atoms with Crippen molar-refractivity contribution in [3.05, 3.63) is 66.0 Å². The van der Waals surface area contributed by atoms with E-state index in [1.807, 2.05) is 0 Å². The summed E-state index contributed by atoms with van der Waals surface area (Å²) in [5.74, 6) is -1.41. The van der Waals surface area contributed by atoms with Crippen molar-refractivity contribution in [1.82, 2.24) is 14.8 Å². The van der Waals surface area contributed by atoms with Crippen molar-refractivity contribution in [2.24, 2.45) is 0 Å². The molecule has 0 N–H and O–H groups in total. The maximum atomic E-state index is 14.3. The maximum absolute atomic E-state index is 14.3. The van der Waals surface area contributed by atoms with E-state index >= 15 is 0 Å². The summed E-state index contributed by atoms with van der Waals surface area (Å²) in [4.78, 5) is 4.04. The summed E-state index contributed by atoms with van der Waals surface area (Å²) in [5.41, 5.74) is -0.472. The van der Waals surface area contributed by atoms with Crippen LogP contribution in [0.3, 0.4) is 0 Å². The van der Waals surface area contributed by atoms with E-state index < -0.39 is 36.1 Å². The number of aromatic nitrogens is 3. The van der Waals surface area contributed by atoms with Crippen molar-refractivity contribution in [3.63, 3.8) is 0 Å². The van der Waals surface area contributed by atoms with E-state index in [0.717, 1.165) is 12.1 Å². The van der Waals surface area contributed by atoms with Crippen LogP contribution in [0.25, 0.3) is 5.69 Å². The Kier molecular flexibility index (Phi) is 5.29. The highest BCUT2D eigenvalue weighted by Crippen LogP contribution is 2.44. The first-order valence-corrected chi connectivity index (χ1v) is 9.14. The van der Waals surface area contributed by atoms with Crippen LogP contribution in [-0.2, 0) is 10.3 Å². The van der Waals surface area contributed by atoms with Gasteiger partial charge in [0.2, 0.25) is 0 Å². The minimum Gasteiger partial charge on any atom is -0.484 e. The third-order valence-corrected chi connectivity index (χ3v) is 4.78. The van der Waals surface area contributed by atoms with E-state index in [-0.39, 0.29) is 23.9 Å². The number of rotatable bonds is 7. The van der Waals surface area contributed by atoms with Gasteiger partial charge in [0.1, 0.15) is 29.8 Å². The van der Waals surface area contributed by atoms with Gasteiger partial charge >= 0.3 is 12.2 Å². The first-order valence-electron chi connectivity index (χ1n) is 9.14. The average molecular weight is 441 g/mol. The predicted molar refractivity (Wildman–Crippen MR) is 97.0 cm³/mol. The summed E-state index contributed by atoms with van der Waals surface area (Å²) >= 11 is 0. The minimum absolute atomic E-state index is 0.0362. The second kappa shape index (κ2) is 7.80. The largest absolute Gasteiger partial charge is 0.484 e. The summed E-state index contributed by atoms with van der Waals surface area (Å²) in [7, 11) is 0. The minimum atomic E-state index is -4.44. The van der Waals surface area contributed by atoms with Gasteiger partial charge in [0, 0.05) is 11.6 Å². The Balaban J connectivity index is 1.50. The molecule has 0 aliphatic carbocycles. The molecule has 3 aromatic rings. The van der Waals surface area contributed by atoms with Crippen LogP contribution in [0, 0.1) is 11.6 Å². The van der Waals surface area contributed by atoms with Gasteiger partial charge in [-0.3, -0.25) is 0 Å². The molecule has 2 heterocycles. The summed E-state index contributed by atoms with van der Waals surface area (Å²) in [6.07, 6.45) is -3.91. The zero-order valence-corrected chi connectivity index (χ0v) is 16.1. The summed E-state index contributed by atoms with van der Waals surface area (Å²) in [5, 5.41) is 4.05. The lowest BCUT2D eigenvalue weighted by molar-refractivity contribution is -0.153. The number of alkyl halides is 3. The summed E-state index contributed by atoms with van der Waals surface area (Å²) in [6.45, 7) is 0.433. The molecule has 0 spiro atoms. The Morgan fingerprint density at radius 3 is 2.48 bits per heavy atom. The van der Waals surface area contributed by atoms with E-state index in [4.69, 9.17) is 9.47 Å². The van der Waals surface area contributed by atoms with Crippen LogP contribution in [-0.4, -0.2) is 40.3 Å². The normalized spacial score (nSPS) is 19.2. The van der Waals surface area contributed by atoms with Gasteiger partial charge in [-0.05, 0) is 37.3 Å². The van der Waals surface area contributed by atoms with Gasteiger partial charge in [0.15, 0.2) is 12.2 Å². The van der Waals surface area contributed by atoms with Crippen LogP contribution < -0.4 is 9.47 Å². The fourth-order valence-electron chi connectivity index (χ4n) is 3.11. The van der Waals surface area contributed by atoms with Crippen molar-refractivity contribution >= 4 is 0 Å². The van der Waals surface area contributed by atoms with E-state index in [1.165, 1.54) is 41.3 Å². The molecule has 164 valence electrons. The molecule has 1 aliphatic heterocycles. The van der Waals surface area contributed by atoms with Crippen LogP contribution >= 0.6 is 0 Å². The fraction of sp³-hybridized carbons (Fsp3) is 0.300. The topological polar surface area (TPSA) is 61.7 Å². The Hall–Kier alpha value is -3.21. The molecule has 2 aromatic carbocycles. The molecule has 0 unspecified atom stereocenters. The second-order valence-electron chi connectivity index (χ2n) is 6.91. The van der Waals surface area contributed by atoms with E-state index in [2.05, 4.69) is 14.8 Å². The Labute approximate surface area is 173 Å². The predicted octanol–water partition coefficient (Wildman–Crippen LogP) is 4.18. The van der Waals surface area contributed by atoms with Gasteiger partial charge in [-0.1, -0.05) is 6.07 Å². The molecule has 0 bridgehead atoms. The molecular formula is C20H16F5N3O3. The molecule has 4 rings (SSSR count).